The Balaban J connectivity index is 2.26. The quantitative estimate of drug-likeness (QED) is 0.702. The normalized spacial score (nSPS) is 10.0. The Morgan fingerprint density at radius 2 is 2.18 bits per heavy atom. The van der Waals surface area contributed by atoms with Crippen LogP contribution in [0.25, 0.3) is 0 Å². The lowest BCUT2D eigenvalue weighted by Gasteiger charge is -2.07. The van der Waals surface area contributed by atoms with Gasteiger partial charge in [-0.3, -0.25) is 4.79 Å². The van der Waals surface area contributed by atoms with Crippen LogP contribution in [0.5, 0.6) is 5.75 Å². The van der Waals surface area contributed by atoms with Crippen LogP contribution < -0.4 is 15.4 Å². The molecule has 0 heterocycles. The van der Waals surface area contributed by atoms with Crippen molar-refractivity contribution in [2.45, 2.75) is 20.4 Å². The minimum Gasteiger partial charge on any atom is -0.494 e. The third-order valence-corrected chi connectivity index (χ3v) is 2.21. The lowest BCUT2D eigenvalue weighted by atomic mass is 10.2. The number of nitrogens with one attached hydrogen (secondary N) is 2. The van der Waals surface area contributed by atoms with E-state index in [9.17, 15) is 4.79 Å². The molecule has 4 nitrogen and oxygen atoms in total. The van der Waals surface area contributed by atoms with E-state index in [-0.39, 0.29) is 5.91 Å². The third-order valence-electron chi connectivity index (χ3n) is 2.21. The maximum atomic E-state index is 10.6. The van der Waals surface area contributed by atoms with Crippen molar-refractivity contribution < 1.29 is 9.53 Å². The van der Waals surface area contributed by atoms with E-state index in [0.29, 0.717) is 13.2 Å². The lowest BCUT2D eigenvalue weighted by Crippen LogP contribution is -2.29. The fourth-order valence-electron chi connectivity index (χ4n) is 1.47. The van der Waals surface area contributed by atoms with Crippen molar-refractivity contribution in [1.82, 2.24) is 10.6 Å². The number of hydrogen-bond donors (Lipinski definition) is 2. The van der Waals surface area contributed by atoms with Gasteiger partial charge in [-0.15, -0.1) is 0 Å². The van der Waals surface area contributed by atoms with Crippen LogP contribution in [-0.4, -0.2) is 25.6 Å². The molecule has 0 unspecified atom stereocenters. The first-order chi connectivity index (χ1) is 8.22. The van der Waals surface area contributed by atoms with Crippen molar-refractivity contribution in [3.8, 4) is 5.75 Å². The molecule has 17 heavy (non-hydrogen) atoms. The zero-order valence-corrected chi connectivity index (χ0v) is 10.5. The molecule has 0 aliphatic heterocycles. The molecule has 0 saturated heterocycles. The van der Waals surface area contributed by atoms with E-state index in [1.165, 1.54) is 12.5 Å². The summed E-state index contributed by atoms with van der Waals surface area (Å²) in [6.45, 7) is 6.36. The van der Waals surface area contributed by atoms with Gasteiger partial charge < -0.3 is 15.4 Å². The topological polar surface area (TPSA) is 50.4 Å². The van der Waals surface area contributed by atoms with Crippen molar-refractivity contribution in [1.29, 1.82) is 0 Å². The summed E-state index contributed by atoms with van der Waals surface area (Å²) in [5.41, 5.74) is 1.18. The molecule has 0 bridgehead atoms. The molecule has 0 atom stereocenters. The van der Waals surface area contributed by atoms with Gasteiger partial charge in [-0.25, -0.2) is 0 Å². The van der Waals surface area contributed by atoms with Gasteiger partial charge in [-0.2, -0.15) is 0 Å². The highest BCUT2D eigenvalue weighted by Crippen LogP contribution is 2.12. The van der Waals surface area contributed by atoms with E-state index >= 15 is 0 Å². The first kappa shape index (κ1) is 13.5. The molecule has 1 aromatic carbocycles. The van der Waals surface area contributed by atoms with Gasteiger partial charge in [0.15, 0.2) is 0 Å². The third kappa shape index (κ3) is 5.92. The van der Waals surface area contributed by atoms with Gasteiger partial charge in [0.05, 0.1) is 6.61 Å². The van der Waals surface area contributed by atoms with E-state index in [1.807, 2.05) is 31.2 Å². The summed E-state index contributed by atoms with van der Waals surface area (Å²) in [5, 5.41) is 5.99. The molecule has 0 radical (unpaired) electrons. The zero-order chi connectivity index (χ0) is 12.5. The number of hydrogen-bond acceptors (Lipinski definition) is 3. The van der Waals surface area contributed by atoms with Gasteiger partial charge in [-0.05, 0) is 24.6 Å². The second kappa shape index (κ2) is 7.68. The monoisotopic (exact) mass is 236 g/mol. The van der Waals surface area contributed by atoms with Crippen LogP contribution in [0.3, 0.4) is 0 Å². The highest BCUT2D eigenvalue weighted by atomic mass is 16.5. The van der Waals surface area contributed by atoms with E-state index in [2.05, 4.69) is 10.6 Å². The van der Waals surface area contributed by atoms with Crippen molar-refractivity contribution >= 4 is 5.91 Å². The Labute approximate surface area is 102 Å². The summed E-state index contributed by atoms with van der Waals surface area (Å²) >= 11 is 0. The SMILES string of the molecule is CCOc1cccc(CNCCNC(C)=O)c1. The van der Waals surface area contributed by atoms with E-state index in [1.54, 1.807) is 0 Å². The molecule has 0 spiro atoms. The van der Waals surface area contributed by atoms with E-state index in [0.717, 1.165) is 18.8 Å². The summed E-state index contributed by atoms with van der Waals surface area (Å²) in [6, 6.07) is 8.00. The average Bonchev–Trinajstić information content (AvgIpc) is 2.29. The average molecular weight is 236 g/mol. The Hall–Kier alpha value is -1.55. The highest BCUT2D eigenvalue weighted by Gasteiger charge is 1.96. The fourth-order valence-corrected chi connectivity index (χ4v) is 1.47. The van der Waals surface area contributed by atoms with Gasteiger partial charge in [0, 0.05) is 26.6 Å². The molecular formula is C13H20N2O2. The van der Waals surface area contributed by atoms with Gasteiger partial charge >= 0.3 is 0 Å². The van der Waals surface area contributed by atoms with Gasteiger partial charge in [-0.1, -0.05) is 12.1 Å². The molecule has 0 fully saturated rings. The summed E-state index contributed by atoms with van der Waals surface area (Å²) in [7, 11) is 0. The molecule has 1 rings (SSSR count). The van der Waals surface area contributed by atoms with Crippen molar-refractivity contribution in [3.05, 3.63) is 29.8 Å². The van der Waals surface area contributed by atoms with Crippen molar-refractivity contribution in [2.24, 2.45) is 0 Å². The molecule has 1 amide bonds. The van der Waals surface area contributed by atoms with Crippen LogP contribution in [0, 0.1) is 0 Å². The molecule has 0 aliphatic carbocycles. The second-order valence-corrected chi connectivity index (χ2v) is 3.74. The van der Waals surface area contributed by atoms with Crippen LogP contribution in [0.15, 0.2) is 24.3 Å². The largest absolute Gasteiger partial charge is 0.494 e. The van der Waals surface area contributed by atoms with E-state index < -0.39 is 0 Å². The maximum absolute atomic E-state index is 10.6. The molecule has 4 heteroatoms. The standard InChI is InChI=1S/C13H20N2O2/c1-3-17-13-6-4-5-12(9-13)10-14-7-8-15-11(2)16/h4-6,9,14H,3,7-8,10H2,1-2H3,(H,15,16). The minimum atomic E-state index is 0.00476. The predicted octanol–water partition coefficient (Wildman–Crippen LogP) is 1.31. The van der Waals surface area contributed by atoms with Crippen LogP contribution in [-0.2, 0) is 11.3 Å². The first-order valence-electron chi connectivity index (χ1n) is 5.89. The second-order valence-electron chi connectivity index (χ2n) is 3.74. The fraction of sp³-hybridized carbons (Fsp3) is 0.462. The van der Waals surface area contributed by atoms with Gasteiger partial charge in [0.1, 0.15) is 5.75 Å². The number of rotatable bonds is 7. The minimum absolute atomic E-state index is 0.00476. The number of ether oxygens (including phenoxy) is 1. The zero-order valence-electron chi connectivity index (χ0n) is 10.5. The Morgan fingerprint density at radius 1 is 1.35 bits per heavy atom. The molecule has 0 aromatic heterocycles. The Morgan fingerprint density at radius 3 is 2.88 bits per heavy atom. The first-order valence-corrected chi connectivity index (χ1v) is 5.89. The number of benzene rings is 1. The maximum Gasteiger partial charge on any atom is 0.216 e. The van der Waals surface area contributed by atoms with Crippen molar-refractivity contribution in [2.75, 3.05) is 19.7 Å². The summed E-state index contributed by atoms with van der Waals surface area (Å²) in [4.78, 5) is 10.6. The number of amides is 1. The summed E-state index contributed by atoms with van der Waals surface area (Å²) in [5.74, 6) is 0.902. The summed E-state index contributed by atoms with van der Waals surface area (Å²) in [6.07, 6.45) is 0. The van der Waals surface area contributed by atoms with Crippen molar-refractivity contribution in [3.63, 3.8) is 0 Å². The summed E-state index contributed by atoms with van der Waals surface area (Å²) < 4.78 is 5.42. The predicted molar refractivity (Wildman–Crippen MR) is 68.0 cm³/mol. The van der Waals surface area contributed by atoms with E-state index in [4.69, 9.17) is 4.74 Å². The van der Waals surface area contributed by atoms with Crippen LogP contribution in [0.1, 0.15) is 19.4 Å². The molecule has 0 saturated carbocycles. The molecule has 0 aliphatic rings. The Kier molecular flexibility index (Phi) is 6.10. The van der Waals surface area contributed by atoms with Crippen LogP contribution in [0.2, 0.25) is 0 Å². The smallest absolute Gasteiger partial charge is 0.216 e. The number of carbonyl (C=O) groups is 1. The molecule has 1 aromatic rings. The Bertz CT molecular complexity index is 353. The number of carbonyl (C=O) groups excluding carboxylic acids is 1. The van der Waals surface area contributed by atoms with Crippen LogP contribution >= 0.6 is 0 Å². The van der Waals surface area contributed by atoms with Gasteiger partial charge in [0.2, 0.25) is 5.91 Å². The van der Waals surface area contributed by atoms with Crippen LogP contribution in [0.4, 0.5) is 0 Å². The van der Waals surface area contributed by atoms with Gasteiger partial charge in [0.25, 0.3) is 0 Å². The lowest BCUT2D eigenvalue weighted by molar-refractivity contribution is -0.118. The molecular weight excluding hydrogens is 216 g/mol. The highest BCUT2D eigenvalue weighted by molar-refractivity contribution is 5.72. The molecule has 94 valence electrons. The molecule has 2 N–H and O–H groups in total.